The van der Waals surface area contributed by atoms with Crippen LogP contribution < -0.4 is 10.5 Å². The van der Waals surface area contributed by atoms with Gasteiger partial charge in [0.05, 0.1) is 12.1 Å². The fourth-order valence-corrected chi connectivity index (χ4v) is 6.31. The molecule has 0 saturated carbocycles. The van der Waals surface area contributed by atoms with Crippen LogP contribution in [0.5, 0.6) is 0 Å². The van der Waals surface area contributed by atoms with Crippen molar-refractivity contribution in [1.29, 1.82) is 0 Å². The smallest absolute Gasteiger partial charge is 0.374 e. The van der Waals surface area contributed by atoms with E-state index in [1.54, 1.807) is 26.0 Å². The summed E-state index contributed by atoms with van der Waals surface area (Å²) in [5.41, 5.74) is 0.110. The maximum Gasteiger partial charge on any atom is 0.421 e. The lowest BCUT2D eigenvalue weighted by atomic mass is 9.72. The van der Waals surface area contributed by atoms with Crippen LogP contribution in [0, 0.1) is 5.41 Å². The van der Waals surface area contributed by atoms with Crippen molar-refractivity contribution in [3.63, 3.8) is 0 Å². The van der Waals surface area contributed by atoms with Crippen LogP contribution in [0.15, 0.2) is 40.1 Å². The second-order valence-corrected chi connectivity index (χ2v) is 11.6. The highest BCUT2D eigenvalue weighted by Gasteiger charge is 2.72. The number of pyridine rings is 1. The van der Waals surface area contributed by atoms with Crippen molar-refractivity contribution in [2.75, 3.05) is 5.73 Å². The van der Waals surface area contributed by atoms with Gasteiger partial charge in [-0.1, -0.05) is 31.3 Å². The van der Waals surface area contributed by atoms with E-state index >= 15 is 0 Å². The average molecular weight is 517 g/mol. The van der Waals surface area contributed by atoms with Crippen LogP contribution in [0.25, 0.3) is 0 Å². The summed E-state index contributed by atoms with van der Waals surface area (Å²) in [6.45, 7) is 3.03. The Morgan fingerprint density at radius 2 is 1.94 bits per heavy atom. The number of halogens is 3. The van der Waals surface area contributed by atoms with Crippen molar-refractivity contribution in [3.8, 4) is 0 Å². The van der Waals surface area contributed by atoms with Crippen molar-refractivity contribution in [2.45, 2.75) is 49.3 Å². The average Bonchev–Trinajstić information content (AvgIpc) is 3.24. The van der Waals surface area contributed by atoms with Crippen molar-refractivity contribution in [1.82, 2.24) is 24.8 Å². The molecule has 0 aromatic carbocycles. The summed E-state index contributed by atoms with van der Waals surface area (Å²) in [6, 6.07) is 3.10. The molecule has 2 aromatic rings. The predicted molar refractivity (Wildman–Crippen MR) is 113 cm³/mol. The van der Waals surface area contributed by atoms with Crippen LogP contribution in [0.4, 0.5) is 18.3 Å². The number of nitrogen functional groups attached to an aromatic ring is 1. The predicted octanol–water partition coefficient (Wildman–Crippen LogP) is 1.78. The van der Waals surface area contributed by atoms with Gasteiger partial charge in [0.1, 0.15) is 0 Å². The van der Waals surface area contributed by atoms with E-state index in [1.807, 2.05) is 0 Å². The Bertz CT molecular complexity index is 1310. The van der Waals surface area contributed by atoms with Gasteiger partial charge in [0, 0.05) is 24.5 Å². The van der Waals surface area contributed by atoms with Crippen LogP contribution >= 0.6 is 11.3 Å². The molecule has 10 nitrogen and oxygen atoms in total. The van der Waals surface area contributed by atoms with E-state index in [9.17, 15) is 31.2 Å². The third kappa shape index (κ3) is 3.86. The molecule has 4 rings (SSSR count). The van der Waals surface area contributed by atoms with Gasteiger partial charge in [-0.15, -0.1) is 10.2 Å². The topological polar surface area (TPSA) is 148 Å². The molecule has 0 fully saturated rings. The number of anilines is 1. The normalized spacial score (nSPS) is 22.9. The lowest BCUT2D eigenvalue weighted by Gasteiger charge is -2.35. The molecule has 0 radical (unpaired) electrons. The molecule has 1 unspecified atom stereocenters. The van der Waals surface area contributed by atoms with E-state index in [4.69, 9.17) is 5.73 Å². The first-order valence-electron chi connectivity index (χ1n) is 9.85. The highest BCUT2D eigenvalue weighted by Crippen LogP contribution is 2.52. The second kappa shape index (κ2) is 7.81. The number of hydrogen-bond acceptors (Lipinski definition) is 9. The Hall–Kier alpha value is -2.91. The summed E-state index contributed by atoms with van der Waals surface area (Å²) in [5.74, 6) is -2.59. The summed E-state index contributed by atoms with van der Waals surface area (Å²) in [7, 11) is -5.05. The Morgan fingerprint density at radius 3 is 2.50 bits per heavy atom. The number of nitrogens with zero attached hydrogens (tertiary/aromatic N) is 4. The maximum atomic E-state index is 14.7. The highest BCUT2D eigenvalue weighted by atomic mass is 32.2. The van der Waals surface area contributed by atoms with E-state index in [0.717, 1.165) is 4.90 Å². The van der Waals surface area contributed by atoms with Gasteiger partial charge in [0.15, 0.2) is 5.78 Å². The molecule has 0 saturated heterocycles. The Balaban J connectivity index is 1.92. The molecule has 1 aliphatic heterocycles. The van der Waals surface area contributed by atoms with Gasteiger partial charge in [-0.25, -0.2) is 8.42 Å². The molecular formula is C19H19F3N6O4S2. The SMILES string of the molecule is CC1(C)CC(=O)C2=C(C1)N(Cc1cccnc1)C(=O)C2(NS(=O)(=O)c1nnc(N)s1)C(F)(F)F. The van der Waals surface area contributed by atoms with Crippen LogP contribution in [-0.4, -0.2) is 51.9 Å². The second-order valence-electron chi connectivity index (χ2n) is 8.77. The third-order valence-electron chi connectivity index (χ3n) is 5.55. The molecule has 0 bridgehead atoms. The number of Topliss-reactive ketones (excluding diaryl/α,β-unsaturated/α-hetero) is 1. The molecule has 0 spiro atoms. The number of carbonyl (C=O) groups is 2. The van der Waals surface area contributed by atoms with E-state index in [-0.39, 0.29) is 30.2 Å². The van der Waals surface area contributed by atoms with Gasteiger partial charge in [0.2, 0.25) is 15.0 Å². The molecule has 1 amide bonds. The number of alkyl halides is 3. The van der Waals surface area contributed by atoms with Crippen molar-refractivity contribution in [2.24, 2.45) is 5.41 Å². The van der Waals surface area contributed by atoms with Crippen LogP contribution in [-0.2, 0) is 26.2 Å². The highest BCUT2D eigenvalue weighted by molar-refractivity contribution is 7.91. The monoisotopic (exact) mass is 516 g/mol. The minimum absolute atomic E-state index is 0.0502. The van der Waals surface area contributed by atoms with Crippen LogP contribution in [0.2, 0.25) is 0 Å². The Morgan fingerprint density at radius 1 is 1.24 bits per heavy atom. The van der Waals surface area contributed by atoms with E-state index in [2.05, 4.69) is 15.2 Å². The Labute approximate surface area is 196 Å². The van der Waals surface area contributed by atoms with E-state index in [0.29, 0.717) is 16.9 Å². The number of aromatic nitrogens is 3. The number of amides is 1. The number of carbonyl (C=O) groups excluding carboxylic acids is 2. The van der Waals surface area contributed by atoms with Gasteiger partial charge < -0.3 is 10.6 Å². The summed E-state index contributed by atoms with van der Waals surface area (Å²) in [4.78, 5) is 31.3. The molecule has 3 N–H and O–H groups in total. The first kappa shape index (κ1) is 24.2. The quantitative estimate of drug-likeness (QED) is 0.611. The van der Waals surface area contributed by atoms with Crippen molar-refractivity contribution >= 4 is 38.2 Å². The first-order chi connectivity index (χ1) is 15.7. The summed E-state index contributed by atoms with van der Waals surface area (Å²) in [6.07, 6.45) is -3.02. The molecule has 15 heteroatoms. The number of hydrogen-bond donors (Lipinski definition) is 2. The standard InChI is InChI=1S/C19H19F3N6O4S2/c1-17(2)6-11-13(12(29)7-17)18(19(20,21)22,27-34(31,32)16-26-25-15(23)33-16)14(30)28(11)9-10-4-3-5-24-8-10/h3-5,8,27H,6-7,9H2,1-2H3,(H2,23,25). The zero-order valence-electron chi connectivity index (χ0n) is 17.9. The molecular weight excluding hydrogens is 497 g/mol. The number of nitrogens with two attached hydrogens (primary N) is 1. The number of nitrogens with one attached hydrogen (secondary N) is 1. The number of allylic oxidation sites excluding steroid dienone is 1. The maximum absolute atomic E-state index is 14.7. The van der Waals surface area contributed by atoms with Crippen LogP contribution in [0.3, 0.4) is 0 Å². The molecule has 1 atom stereocenters. The molecule has 3 heterocycles. The molecule has 1 aliphatic carbocycles. The minimum Gasteiger partial charge on any atom is -0.374 e. The third-order valence-corrected chi connectivity index (χ3v) is 8.12. The number of ketones is 1. The van der Waals surface area contributed by atoms with Gasteiger partial charge >= 0.3 is 6.18 Å². The fraction of sp³-hybridized carbons (Fsp3) is 0.421. The van der Waals surface area contributed by atoms with Crippen molar-refractivity contribution < 1.29 is 31.2 Å². The zero-order valence-corrected chi connectivity index (χ0v) is 19.5. The lowest BCUT2D eigenvalue weighted by Crippen LogP contribution is -2.66. The molecule has 34 heavy (non-hydrogen) atoms. The van der Waals surface area contributed by atoms with E-state index in [1.165, 1.54) is 17.1 Å². The minimum atomic E-state index is -5.49. The molecule has 182 valence electrons. The van der Waals surface area contributed by atoms with Gasteiger partial charge in [0.25, 0.3) is 15.9 Å². The first-order valence-corrected chi connectivity index (χ1v) is 12.2. The summed E-state index contributed by atoms with van der Waals surface area (Å²) in [5, 5.41) is 6.31. The Kier molecular flexibility index (Phi) is 5.57. The largest absolute Gasteiger partial charge is 0.421 e. The lowest BCUT2D eigenvalue weighted by molar-refractivity contribution is -0.189. The molecule has 2 aliphatic rings. The van der Waals surface area contributed by atoms with E-state index < -0.39 is 48.8 Å². The fourth-order valence-electron chi connectivity index (χ4n) is 4.21. The summed E-state index contributed by atoms with van der Waals surface area (Å²) < 4.78 is 70.6. The zero-order chi connectivity index (χ0) is 25.1. The number of rotatable bonds is 5. The van der Waals surface area contributed by atoms with Crippen molar-refractivity contribution in [3.05, 3.63) is 41.4 Å². The number of sulfonamides is 1. The molecule has 2 aromatic heterocycles. The van der Waals surface area contributed by atoms with Gasteiger partial charge in [-0.3, -0.25) is 14.6 Å². The van der Waals surface area contributed by atoms with Gasteiger partial charge in [-0.05, 0) is 23.5 Å². The van der Waals surface area contributed by atoms with Gasteiger partial charge in [-0.2, -0.15) is 17.9 Å². The van der Waals surface area contributed by atoms with Crippen LogP contribution in [0.1, 0.15) is 32.3 Å². The summed E-state index contributed by atoms with van der Waals surface area (Å²) >= 11 is 0.326.